The quantitative estimate of drug-likeness (QED) is 0.506. The molecule has 13 heavy (non-hydrogen) atoms. The van der Waals surface area contributed by atoms with E-state index in [4.69, 9.17) is 0 Å². The molecule has 0 aromatic carbocycles. The number of alkyl halides is 3. The average Bonchev–Trinajstić information content (AvgIpc) is 2.01. The van der Waals surface area contributed by atoms with Crippen LogP contribution in [0.4, 0.5) is 17.6 Å². The predicted molar refractivity (Wildman–Crippen MR) is 35.7 cm³/mol. The number of aromatic nitrogens is 1. The standard InChI is InChI=1S/C7H5F4NO/c1-13-5-3-2-4(6(8)12-5)7(9,10)11/h2-3H,1H3. The first kappa shape index (κ1) is 9.76. The summed E-state index contributed by atoms with van der Waals surface area (Å²) >= 11 is 0. The predicted octanol–water partition coefficient (Wildman–Crippen LogP) is 2.25. The smallest absolute Gasteiger partial charge is 0.420 e. The lowest BCUT2D eigenvalue weighted by Crippen LogP contribution is -2.09. The van der Waals surface area contributed by atoms with Crippen molar-refractivity contribution < 1.29 is 22.3 Å². The normalized spacial score (nSPS) is 11.5. The molecule has 0 N–H and O–H groups in total. The Balaban J connectivity index is 3.13. The van der Waals surface area contributed by atoms with Crippen LogP contribution in [0, 0.1) is 5.95 Å². The Morgan fingerprint density at radius 2 is 1.92 bits per heavy atom. The van der Waals surface area contributed by atoms with Gasteiger partial charge in [0.2, 0.25) is 11.8 Å². The highest BCUT2D eigenvalue weighted by Crippen LogP contribution is 2.31. The summed E-state index contributed by atoms with van der Waals surface area (Å²) in [6, 6.07) is 1.53. The van der Waals surface area contributed by atoms with Crippen LogP contribution in [0.25, 0.3) is 0 Å². The Morgan fingerprint density at radius 1 is 1.31 bits per heavy atom. The summed E-state index contributed by atoms with van der Waals surface area (Å²) in [7, 11) is 1.19. The molecular formula is C7H5F4NO. The summed E-state index contributed by atoms with van der Waals surface area (Å²) in [6.07, 6.45) is -4.72. The van der Waals surface area contributed by atoms with Gasteiger partial charge in [0.15, 0.2) is 0 Å². The fourth-order valence-electron chi connectivity index (χ4n) is 0.743. The van der Waals surface area contributed by atoms with E-state index >= 15 is 0 Å². The third kappa shape index (κ3) is 2.07. The second kappa shape index (κ2) is 3.20. The van der Waals surface area contributed by atoms with E-state index in [0.29, 0.717) is 6.07 Å². The molecule has 0 fully saturated rings. The molecule has 0 spiro atoms. The third-order valence-electron chi connectivity index (χ3n) is 1.34. The van der Waals surface area contributed by atoms with Crippen LogP contribution in [0.1, 0.15) is 5.56 Å². The Bertz CT molecular complexity index is 310. The van der Waals surface area contributed by atoms with Crippen LogP contribution in [0.5, 0.6) is 5.88 Å². The monoisotopic (exact) mass is 195 g/mol. The van der Waals surface area contributed by atoms with Crippen LogP contribution in [-0.2, 0) is 6.18 Å². The highest BCUT2D eigenvalue weighted by atomic mass is 19.4. The molecule has 0 amide bonds. The average molecular weight is 195 g/mol. The van der Waals surface area contributed by atoms with Gasteiger partial charge in [-0.05, 0) is 6.07 Å². The molecule has 0 aliphatic heterocycles. The van der Waals surface area contributed by atoms with Crippen molar-refractivity contribution >= 4 is 0 Å². The van der Waals surface area contributed by atoms with E-state index in [0.717, 1.165) is 6.07 Å². The molecule has 0 saturated heterocycles. The lowest BCUT2D eigenvalue weighted by Gasteiger charge is -2.07. The van der Waals surface area contributed by atoms with Crippen molar-refractivity contribution in [3.05, 3.63) is 23.6 Å². The van der Waals surface area contributed by atoms with Crippen LogP contribution >= 0.6 is 0 Å². The van der Waals surface area contributed by atoms with Gasteiger partial charge in [-0.1, -0.05) is 0 Å². The second-order valence-electron chi connectivity index (χ2n) is 2.19. The summed E-state index contributed by atoms with van der Waals surface area (Å²) in [5.41, 5.74) is -1.40. The summed E-state index contributed by atoms with van der Waals surface area (Å²) in [5.74, 6) is -1.77. The number of rotatable bonds is 1. The molecule has 0 aliphatic rings. The van der Waals surface area contributed by atoms with E-state index in [1.54, 1.807) is 0 Å². The SMILES string of the molecule is COc1ccc(C(F)(F)F)c(F)n1. The molecule has 1 rings (SSSR count). The van der Waals surface area contributed by atoms with Crippen molar-refractivity contribution in [2.45, 2.75) is 6.18 Å². The largest absolute Gasteiger partial charge is 0.481 e. The summed E-state index contributed by atoms with van der Waals surface area (Å²) in [5, 5.41) is 0. The van der Waals surface area contributed by atoms with Gasteiger partial charge in [0.25, 0.3) is 0 Å². The van der Waals surface area contributed by atoms with E-state index in [1.807, 2.05) is 0 Å². The minimum Gasteiger partial charge on any atom is -0.481 e. The number of methoxy groups -OCH3 is 1. The molecule has 2 nitrogen and oxygen atoms in total. The van der Waals surface area contributed by atoms with Gasteiger partial charge in [0.1, 0.15) is 5.56 Å². The van der Waals surface area contributed by atoms with E-state index in [2.05, 4.69) is 9.72 Å². The zero-order valence-electron chi connectivity index (χ0n) is 6.52. The minimum absolute atomic E-state index is 0.189. The molecule has 0 atom stereocenters. The fourth-order valence-corrected chi connectivity index (χ4v) is 0.743. The highest BCUT2D eigenvalue weighted by molar-refractivity contribution is 5.21. The topological polar surface area (TPSA) is 22.1 Å². The third-order valence-corrected chi connectivity index (χ3v) is 1.34. The number of halogens is 4. The maximum Gasteiger partial charge on any atom is 0.420 e. The van der Waals surface area contributed by atoms with E-state index in [-0.39, 0.29) is 5.88 Å². The molecule has 0 radical (unpaired) electrons. The number of hydrogen-bond acceptors (Lipinski definition) is 2. The van der Waals surface area contributed by atoms with Gasteiger partial charge in [-0.15, -0.1) is 0 Å². The van der Waals surface area contributed by atoms with E-state index in [9.17, 15) is 17.6 Å². The van der Waals surface area contributed by atoms with Crippen LogP contribution in [0.15, 0.2) is 12.1 Å². The van der Waals surface area contributed by atoms with Crippen LogP contribution in [0.2, 0.25) is 0 Å². The maximum absolute atomic E-state index is 12.6. The minimum atomic E-state index is -4.72. The van der Waals surface area contributed by atoms with Crippen molar-refractivity contribution in [1.82, 2.24) is 4.98 Å². The van der Waals surface area contributed by atoms with Gasteiger partial charge in [-0.3, -0.25) is 0 Å². The Kier molecular flexibility index (Phi) is 2.40. The fraction of sp³-hybridized carbons (Fsp3) is 0.286. The van der Waals surface area contributed by atoms with Crippen molar-refractivity contribution in [2.75, 3.05) is 7.11 Å². The lowest BCUT2D eigenvalue weighted by molar-refractivity contribution is -0.140. The first-order valence-corrected chi connectivity index (χ1v) is 3.23. The zero-order valence-corrected chi connectivity index (χ0v) is 6.52. The Morgan fingerprint density at radius 3 is 2.31 bits per heavy atom. The summed E-state index contributed by atoms with van der Waals surface area (Å²) in [4.78, 5) is 2.95. The Hall–Kier alpha value is -1.33. The number of nitrogens with zero attached hydrogens (tertiary/aromatic N) is 1. The van der Waals surface area contributed by atoms with Crippen molar-refractivity contribution in [3.63, 3.8) is 0 Å². The molecule has 1 aromatic rings. The number of hydrogen-bond donors (Lipinski definition) is 0. The molecule has 6 heteroatoms. The van der Waals surface area contributed by atoms with Crippen molar-refractivity contribution in [1.29, 1.82) is 0 Å². The van der Waals surface area contributed by atoms with Gasteiger partial charge in [-0.2, -0.15) is 22.5 Å². The second-order valence-corrected chi connectivity index (χ2v) is 2.19. The van der Waals surface area contributed by atoms with Gasteiger partial charge >= 0.3 is 6.18 Å². The maximum atomic E-state index is 12.6. The first-order chi connectivity index (χ1) is 5.95. The van der Waals surface area contributed by atoms with Gasteiger partial charge < -0.3 is 4.74 Å². The van der Waals surface area contributed by atoms with Crippen LogP contribution in [-0.4, -0.2) is 12.1 Å². The van der Waals surface area contributed by atoms with E-state index in [1.165, 1.54) is 7.11 Å². The molecule has 72 valence electrons. The summed E-state index contributed by atoms with van der Waals surface area (Å²) in [6.45, 7) is 0. The number of pyridine rings is 1. The van der Waals surface area contributed by atoms with E-state index < -0.39 is 17.7 Å². The first-order valence-electron chi connectivity index (χ1n) is 3.23. The molecule has 0 aliphatic carbocycles. The molecule has 1 heterocycles. The van der Waals surface area contributed by atoms with Crippen molar-refractivity contribution in [3.8, 4) is 5.88 Å². The molecule has 0 bridgehead atoms. The van der Waals surface area contributed by atoms with Crippen LogP contribution in [0.3, 0.4) is 0 Å². The molecule has 1 aromatic heterocycles. The van der Waals surface area contributed by atoms with Gasteiger partial charge in [-0.25, -0.2) is 0 Å². The van der Waals surface area contributed by atoms with Crippen molar-refractivity contribution in [2.24, 2.45) is 0 Å². The molecular weight excluding hydrogens is 190 g/mol. The summed E-state index contributed by atoms with van der Waals surface area (Å²) < 4.78 is 53.0. The highest BCUT2D eigenvalue weighted by Gasteiger charge is 2.34. The zero-order chi connectivity index (χ0) is 10.1. The molecule has 0 unspecified atom stereocenters. The lowest BCUT2D eigenvalue weighted by atomic mass is 10.3. The van der Waals surface area contributed by atoms with Crippen LogP contribution < -0.4 is 4.74 Å². The van der Waals surface area contributed by atoms with Gasteiger partial charge in [0.05, 0.1) is 7.11 Å². The van der Waals surface area contributed by atoms with Gasteiger partial charge in [0, 0.05) is 6.07 Å². The molecule has 0 saturated carbocycles. The Labute approximate surface area is 71.2 Å². The number of ether oxygens (including phenoxy) is 1.